The van der Waals surface area contributed by atoms with E-state index in [9.17, 15) is 9.59 Å². The van der Waals surface area contributed by atoms with Gasteiger partial charge in [0, 0.05) is 19.4 Å². The van der Waals surface area contributed by atoms with E-state index in [0.717, 1.165) is 19.4 Å². The van der Waals surface area contributed by atoms with Crippen LogP contribution in [0, 0.1) is 0 Å². The Morgan fingerprint density at radius 3 is 2.78 bits per heavy atom. The second-order valence-electron chi connectivity index (χ2n) is 7.54. The van der Waals surface area contributed by atoms with Crippen molar-refractivity contribution < 1.29 is 23.8 Å². The van der Waals surface area contributed by atoms with Gasteiger partial charge in [0.15, 0.2) is 0 Å². The summed E-state index contributed by atoms with van der Waals surface area (Å²) in [5, 5.41) is 3.00. The lowest BCUT2D eigenvalue weighted by atomic mass is 9.93. The zero-order valence-corrected chi connectivity index (χ0v) is 15.4. The maximum absolute atomic E-state index is 13.1. The molecule has 7 nitrogen and oxygen atoms in total. The first-order valence-electron chi connectivity index (χ1n) is 9.67. The molecule has 1 atom stereocenters. The van der Waals surface area contributed by atoms with Crippen molar-refractivity contribution in [3.05, 3.63) is 29.8 Å². The quantitative estimate of drug-likeness (QED) is 0.865. The summed E-state index contributed by atoms with van der Waals surface area (Å²) in [7, 11) is 0. The fraction of sp³-hybridized carbons (Fsp3) is 0.600. The highest BCUT2D eigenvalue weighted by Crippen LogP contribution is 2.34. The number of carbonyl (C=O) groups is 2. The molecule has 0 radical (unpaired) electrons. The van der Waals surface area contributed by atoms with E-state index in [0.29, 0.717) is 50.5 Å². The summed E-state index contributed by atoms with van der Waals surface area (Å²) >= 11 is 0. The fourth-order valence-corrected chi connectivity index (χ4v) is 4.02. The third-order valence-corrected chi connectivity index (χ3v) is 5.47. The van der Waals surface area contributed by atoms with E-state index in [1.807, 2.05) is 18.2 Å². The molecular formula is C20H26N2O5. The van der Waals surface area contributed by atoms with Crippen LogP contribution in [-0.2, 0) is 14.3 Å². The molecule has 0 aromatic heterocycles. The van der Waals surface area contributed by atoms with Crippen LogP contribution in [0.3, 0.4) is 0 Å². The molecule has 1 aromatic carbocycles. The maximum Gasteiger partial charge on any atom is 0.258 e. The Morgan fingerprint density at radius 2 is 2.00 bits per heavy atom. The monoisotopic (exact) mass is 374 g/mol. The lowest BCUT2D eigenvalue weighted by Gasteiger charge is -2.38. The van der Waals surface area contributed by atoms with Crippen LogP contribution >= 0.6 is 0 Å². The van der Waals surface area contributed by atoms with Gasteiger partial charge in [-0.25, -0.2) is 0 Å². The largest absolute Gasteiger partial charge is 0.484 e. The minimum atomic E-state index is -0.505. The van der Waals surface area contributed by atoms with Crippen molar-refractivity contribution >= 4 is 11.8 Å². The number of hydrogen-bond acceptors (Lipinski definition) is 5. The molecule has 27 heavy (non-hydrogen) atoms. The Morgan fingerprint density at radius 1 is 1.19 bits per heavy atom. The summed E-state index contributed by atoms with van der Waals surface area (Å²) in [5.74, 6) is 0.275. The first kappa shape index (κ1) is 18.3. The molecule has 7 heteroatoms. The Labute approximate surface area is 158 Å². The summed E-state index contributed by atoms with van der Waals surface area (Å²) < 4.78 is 17.2. The number of nitrogens with zero attached hydrogens (tertiary/aromatic N) is 1. The SMILES string of the molecule is O=C(CN1CC2(CCOCC2)Oc2ccccc2C1=O)N[C@H]1CCCOC1. The smallest absolute Gasteiger partial charge is 0.258 e. The molecule has 1 aromatic rings. The molecule has 4 rings (SSSR count). The van der Waals surface area contributed by atoms with E-state index >= 15 is 0 Å². The number of hydrogen-bond donors (Lipinski definition) is 1. The lowest BCUT2D eigenvalue weighted by molar-refractivity contribution is -0.124. The van der Waals surface area contributed by atoms with Crippen LogP contribution in [-0.4, -0.2) is 67.9 Å². The van der Waals surface area contributed by atoms with Gasteiger partial charge in [-0.1, -0.05) is 12.1 Å². The van der Waals surface area contributed by atoms with Gasteiger partial charge in [-0.3, -0.25) is 9.59 Å². The molecule has 3 aliphatic rings. The topological polar surface area (TPSA) is 77.1 Å². The third kappa shape index (κ3) is 4.09. The van der Waals surface area contributed by atoms with Gasteiger partial charge in [-0.05, 0) is 25.0 Å². The Bertz CT molecular complexity index is 695. The molecule has 3 aliphatic heterocycles. The van der Waals surface area contributed by atoms with Gasteiger partial charge in [-0.15, -0.1) is 0 Å². The number of fused-ring (bicyclic) bond motifs is 1. The predicted octanol–water partition coefficient (Wildman–Crippen LogP) is 1.37. The first-order valence-corrected chi connectivity index (χ1v) is 9.67. The predicted molar refractivity (Wildman–Crippen MR) is 97.7 cm³/mol. The average Bonchev–Trinajstić information content (AvgIpc) is 2.78. The number of benzene rings is 1. The van der Waals surface area contributed by atoms with Crippen LogP contribution in [0.1, 0.15) is 36.0 Å². The van der Waals surface area contributed by atoms with Gasteiger partial charge >= 0.3 is 0 Å². The van der Waals surface area contributed by atoms with E-state index in [1.54, 1.807) is 11.0 Å². The van der Waals surface area contributed by atoms with Gasteiger partial charge in [-0.2, -0.15) is 0 Å². The lowest BCUT2D eigenvalue weighted by Crippen LogP contribution is -2.53. The van der Waals surface area contributed by atoms with Crippen LogP contribution in [0.5, 0.6) is 5.75 Å². The molecule has 1 N–H and O–H groups in total. The molecule has 1 spiro atoms. The van der Waals surface area contributed by atoms with E-state index < -0.39 is 5.60 Å². The number of carbonyl (C=O) groups excluding carboxylic acids is 2. The highest BCUT2D eigenvalue weighted by Gasteiger charge is 2.42. The van der Waals surface area contributed by atoms with Crippen LogP contribution in [0.15, 0.2) is 24.3 Å². The number of rotatable bonds is 3. The molecule has 0 unspecified atom stereocenters. The summed E-state index contributed by atoms with van der Waals surface area (Å²) in [5.41, 5.74) is 0.00374. The van der Waals surface area contributed by atoms with Crippen molar-refractivity contribution in [2.75, 3.05) is 39.5 Å². The van der Waals surface area contributed by atoms with Crippen molar-refractivity contribution in [1.82, 2.24) is 10.2 Å². The molecule has 2 saturated heterocycles. The van der Waals surface area contributed by atoms with E-state index in [-0.39, 0.29) is 24.4 Å². The summed E-state index contributed by atoms with van der Waals surface area (Å²) in [6.07, 6.45) is 3.25. The van der Waals surface area contributed by atoms with Crippen molar-refractivity contribution in [3.63, 3.8) is 0 Å². The fourth-order valence-electron chi connectivity index (χ4n) is 4.02. The number of para-hydroxylation sites is 1. The van der Waals surface area contributed by atoms with Crippen LogP contribution in [0.4, 0.5) is 0 Å². The highest BCUT2D eigenvalue weighted by atomic mass is 16.5. The van der Waals surface area contributed by atoms with Crippen LogP contribution in [0.25, 0.3) is 0 Å². The molecular weight excluding hydrogens is 348 g/mol. The molecule has 3 heterocycles. The van der Waals surface area contributed by atoms with Crippen molar-refractivity contribution in [1.29, 1.82) is 0 Å². The second-order valence-corrected chi connectivity index (χ2v) is 7.54. The Balaban J connectivity index is 1.53. The van der Waals surface area contributed by atoms with Gasteiger partial charge in [0.2, 0.25) is 5.91 Å². The summed E-state index contributed by atoms with van der Waals surface area (Å²) in [6.45, 7) is 2.88. The molecule has 2 fully saturated rings. The zero-order chi connectivity index (χ0) is 18.7. The summed E-state index contributed by atoms with van der Waals surface area (Å²) in [6, 6.07) is 7.29. The first-order chi connectivity index (χ1) is 13.2. The maximum atomic E-state index is 13.1. The van der Waals surface area contributed by atoms with Crippen molar-refractivity contribution in [2.45, 2.75) is 37.3 Å². The third-order valence-electron chi connectivity index (χ3n) is 5.47. The minimum Gasteiger partial charge on any atom is -0.484 e. The molecule has 146 valence electrons. The Hall–Kier alpha value is -2.12. The minimum absolute atomic E-state index is 0.0221. The van der Waals surface area contributed by atoms with E-state index in [1.165, 1.54) is 0 Å². The average molecular weight is 374 g/mol. The second kappa shape index (κ2) is 7.86. The normalized spacial score (nSPS) is 24.7. The number of ether oxygens (including phenoxy) is 3. The van der Waals surface area contributed by atoms with Gasteiger partial charge in [0.25, 0.3) is 5.91 Å². The van der Waals surface area contributed by atoms with Crippen LogP contribution < -0.4 is 10.1 Å². The molecule has 2 amide bonds. The zero-order valence-electron chi connectivity index (χ0n) is 15.4. The van der Waals surface area contributed by atoms with Gasteiger partial charge < -0.3 is 24.4 Å². The summed E-state index contributed by atoms with van der Waals surface area (Å²) in [4.78, 5) is 27.3. The van der Waals surface area contributed by atoms with E-state index in [4.69, 9.17) is 14.2 Å². The van der Waals surface area contributed by atoms with Crippen molar-refractivity contribution in [3.8, 4) is 5.75 Å². The van der Waals surface area contributed by atoms with E-state index in [2.05, 4.69) is 5.32 Å². The number of amides is 2. The van der Waals surface area contributed by atoms with Crippen LogP contribution in [0.2, 0.25) is 0 Å². The van der Waals surface area contributed by atoms with Gasteiger partial charge in [0.05, 0.1) is 38.0 Å². The van der Waals surface area contributed by atoms with Gasteiger partial charge in [0.1, 0.15) is 17.9 Å². The Kier molecular flexibility index (Phi) is 5.31. The molecule has 0 aliphatic carbocycles. The standard InChI is InChI=1S/C20H26N2O5/c23-18(21-15-4-3-9-26-13-15)12-22-14-20(7-10-25-11-8-20)27-17-6-2-1-5-16(17)19(22)24/h1-2,5-6,15H,3-4,7-14H2,(H,21,23)/t15-/m0/s1. The number of nitrogens with one attached hydrogen (secondary N) is 1. The highest BCUT2D eigenvalue weighted by molar-refractivity contribution is 5.99. The molecule has 0 saturated carbocycles. The molecule has 0 bridgehead atoms. The van der Waals surface area contributed by atoms with Crippen molar-refractivity contribution in [2.24, 2.45) is 0 Å².